The van der Waals surface area contributed by atoms with E-state index in [1.54, 1.807) is 0 Å². The lowest BCUT2D eigenvalue weighted by molar-refractivity contribution is 0.0645. The van der Waals surface area contributed by atoms with Gasteiger partial charge in [0.1, 0.15) is 0 Å². The van der Waals surface area contributed by atoms with Gasteiger partial charge in [-0.05, 0) is 0 Å². The Kier molecular flexibility index (Phi) is 4.46. The van der Waals surface area contributed by atoms with Gasteiger partial charge in [-0.15, -0.1) is 6.58 Å². The molecule has 0 amide bonds. The van der Waals surface area contributed by atoms with E-state index in [1.165, 1.54) is 20.3 Å². The van der Waals surface area contributed by atoms with Crippen LogP contribution in [0.1, 0.15) is 0 Å². The molecule has 0 rings (SSSR count). The van der Waals surface area contributed by atoms with Crippen LogP contribution in [0, 0.1) is 0 Å². The summed E-state index contributed by atoms with van der Waals surface area (Å²) in [6.07, 6.45) is 1.43. The topological polar surface area (TPSA) is 27.7 Å². The average Bonchev–Trinajstić information content (AvgIpc) is 2.00. The molecule has 0 N–H and O–H groups in total. The second kappa shape index (κ2) is 4.56. The lowest BCUT2D eigenvalue weighted by Crippen LogP contribution is -2.38. The molecule has 0 heterocycles. The predicted molar refractivity (Wildman–Crippen MR) is 37.0 cm³/mol. The summed E-state index contributed by atoms with van der Waals surface area (Å²) in [6.45, 7) is 3.45. The Bertz CT molecular complexity index is 105. The van der Waals surface area contributed by atoms with Gasteiger partial charge in [0.25, 0.3) is 0 Å². The summed E-state index contributed by atoms with van der Waals surface area (Å²) in [4.78, 5) is 0. The van der Waals surface area contributed by atoms with Crippen LogP contribution < -0.4 is 0 Å². The first-order chi connectivity index (χ1) is 4.68. The molecule has 0 aliphatic rings. The largest absolute Gasteiger partial charge is 0.720 e. The van der Waals surface area contributed by atoms with Crippen molar-refractivity contribution in [3.05, 3.63) is 12.7 Å². The maximum atomic E-state index is 12.9. The third-order valence-electron chi connectivity index (χ3n) is 0.861. The lowest BCUT2D eigenvalue weighted by atomic mass is 10.7. The molecule has 0 spiro atoms. The van der Waals surface area contributed by atoms with Crippen molar-refractivity contribution in [3.63, 3.8) is 0 Å². The van der Waals surface area contributed by atoms with Crippen LogP contribution in [0.5, 0.6) is 0 Å². The molecule has 0 bridgehead atoms. The standard InChI is InChI=1S/C5H11FO3Si/c1-4-5-9-10(6,7-2)8-3/h4H,1,5H2,2-3H3. The zero-order valence-corrected chi connectivity index (χ0v) is 7.09. The molecule has 0 aromatic heterocycles. The Hall–Kier alpha value is -0.233. The third-order valence-corrected chi connectivity index (χ3v) is 2.35. The van der Waals surface area contributed by atoms with Crippen LogP contribution in [0.3, 0.4) is 0 Å². The first-order valence-electron chi connectivity index (χ1n) is 2.72. The maximum absolute atomic E-state index is 12.9. The molecule has 0 aromatic carbocycles. The minimum Gasteiger partial charge on any atom is -0.352 e. The van der Waals surface area contributed by atoms with Crippen molar-refractivity contribution >= 4 is 9.14 Å². The van der Waals surface area contributed by atoms with Crippen molar-refractivity contribution in [2.24, 2.45) is 0 Å². The van der Waals surface area contributed by atoms with Crippen molar-refractivity contribution in [2.75, 3.05) is 20.8 Å². The molecular formula is C5H11FO3Si. The number of hydrogen-bond acceptors (Lipinski definition) is 3. The Morgan fingerprint density at radius 3 is 2.30 bits per heavy atom. The molecule has 0 saturated heterocycles. The van der Waals surface area contributed by atoms with E-state index in [-0.39, 0.29) is 6.61 Å². The van der Waals surface area contributed by atoms with Gasteiger partial charge in [-0.25, -0.2) is 4.11 Å². The summed E-state index contributed by atoms with van der Waals surface area (Å²) in [6, 6.07) is 0. The van der Waals surface area contributed by atoms with Crippen LogP contribution >= 0.6 is 0 Å². The summed E-state index contributed by atoms with van der Waals surface area (Å²) in [5.74, 6) is 0. The monoisotopic (exact) mass is 166 g/mol. The van der Waals surface area contributed by atoms with Gasteiger partial charge in [-0.1, -0.05) is 6.08 Å². The van der Waals surface area contributed by atoms with Gasteiger partial charge in [0.2, 0.25) is 0 Å². The highest BCUT2D eigenvalue weighted by Crippen LogP contribution is 2.07. The molecule has 0 aromatic rings. The fourth-order valence-corrected chi connectivity index (χ4v) is 1.08. The van der Waals surface area contributed by atoms with E-state index in [4.69, 9.17) is 0 Å². The zero-order valence-electron chi connectivity index (χ0n) is 6.09. The van der Waals surface area contributed by atoms with Crippen LogP contribution in [0.15, 0.2) is 12.7 Å². The third kappa shape index (κ3) is 3.07. The Balaban J connectivity index is 3.68. The normalized spacial score (nSPS) is 11.5. The number of hydrogen-bond donors (Lipinski definition) is 0. The number of rotatable bonds is 5. The Morgan fingerprint density at radius 1 is 1.50 bits per heavy atom. The molecule has 0 aliphatic heterocycles. The number of halogens is 1. The highest BCUT2D eigenvalue weighted by atomic mass is 28.4. The first kappa shape index (κ1) is 9.77. The first-order valence-corrected chi connectivity index (χ1v) is 4.33. The van der Waals surface area contributed by atoms with E-state index >= 15 is 0 Å². The SMILES string of the molecule is C=CCO[Si](F)(OC)OC. The molecule has 0 fully saturated rings. The molecule has 0 saturated carbocycles. The summed E-state index contributed by atoms with van der Waals surface area (Å²) >= 11 is 0. The molecule has 0 radical (unpaired) electrons. The highest BCUT2D eigenvalue weighted by Gasteiger charge is 2.41. The fraction of sp³-hybridized carbons (Fsp3) is 0.600. The van der Waals surface area contributed by atoms with Crippen molar-refractivity contribution in [1.82, 2.24) is 0 Å². The quantitative estimate of drug-likeness (QED) is 0.345. The van der Waals surface area contributed by atoms with Crippen LogP contribution in [0.4, 0.5) is 4.11 Å². The molecule has 60 valence electrons. The van der Waals surface area contributed by atoms with Crippen LogP contribution in [0.25, 0.3) is 0 Å². The van der Waals surface area contributed by atoms with Gasteiger partial charge in [0, 0.05) is 14.2 Å². The smallest absolute Gasteiger partial charge is 0.352 e. The van der Waals surface area contributed by atoms with Gasteiger partial charge in [-0.3, -0.25) is 0 Å². The van der Waals surface area contributed by atoms with Gasteiger partial charge in [0.15, 0.2) is 0 Å². The Morgan fingerprint density at radius 2 is 2.00 bits per heavy atom. The van der Waals surface area contributed by atoms with Crippen LogP contribution in [-0.2, 0) is 13.3 Å². The molecule has 0 atom stereocenters. The van der Waals surface area contributed by atoms with E-state index in [0.29, 0.717) is 0 Å². The van der Waals surface area contributed by atoms with E-state index in [2.05, 4.69) is 19.9 Å². The Labute approximate surface area is 60.9 Å². The second-order valence-corrected chi connectivity index (χ2v) is 3.56. The second-order valence-electron chi connectivity index (χ2n) is 1.49. The summed E-state index contributed by atoms with van der Waals surface area (Å²) in [5.41, 5.74) is 0. The van der Waals surface area contributed by atoms with Crippen LogP contribution in [-0.4, -0.2) is 30.0 Å². The molecule has 10 heavy (non-hydrogen) atoms. The minimum absolute atomic E-state index is 0.102. The molecular weight excluding hydrogens is 155 g/mol. The van der Waals surface area contributed by atoms with Crippen LogP contribution in [0.2, 0.25) is 0 Å². The molecule has 5 heteroatoms. The van der Waals surface area contributed by atoms with Gasteiger partial charge >= 0.3 is 9.14 Å². The van der Waals surface area contributed by atoms with E-state index in [0.717, 1.165) is 0 Å². The summed E-state index contributed by atoms with van der Waals surface area (Å²) in [5, 5.41) is 0. The van der Waals surface area contributed by atoms with E-state index < -0.39 is 9.14 Å². The average molecular weight is 166 g/mol. The predicted octanol–water partition coefficient (Wildman–Crippen LogP) is 0.887. The van der Waals surface area contributed by atoms with Crippen molar-refractivity contribution < 1.29 is 17.4 Å². The van der Waals surface area contributed by atoms with E-state index in [1.807, 2.05) is 0 Å². The van der Waals surface area contributed by atoms with Gasteiger partial charge in [-0.2, -0.15) is 0 Å². The molecule has 3 nitrogen and oxygen atoms in total. The summed E-state index contributed by atoms with van der Waals surface area (Å²) < 4.78 is 26.2. The molecule has 0 unspecified atom stereocenters. The van der Waals surface area contributed by atoms with Crippen molar-refractivity contribution in [2.45, 2.75) is 0 Å². The highest BCUT2D eigenvalue weighted by molar-refractivity contribution is 6.52. The van der Waals surface area contributed by atoms with Gasteiger partial charge in [0.05, 0.1) is 6.61 Å². The maximum Gasteiger partial charge on any atom is 0.720 e. The minimum atomic E-state index is -3.79. The lowest BCUT2D eigenvalue weighted by Gasteiger charge is -2.14. The van der Waals surface area contributed by atoms with Crippen molar-refractivity contribution in [1.29, 1.82) is 0 Å². The van der Waals surface area contributed by atoms with E-state index in [9.17, 15) is 4.11 Å². The molecule has 0 aliphatic carbocycles. The summed E-state index contributed by atoms with van der Waals surface area (Å²) in [7, 11) is -1.38. The van der Waals surface area contributed by atoms with Gasteiger partial charge < -0.3 is 13.3 Å². The zero-order chi connectivity index (χ0) is 8.04. The van der Waals surface area contributed by atoms with Crippen molar-refractivity contribution in [3.8, 4) is 0 Å². The fourth-order valence-electron chi connectivity index (χ4n) is 0.360.